The normalized spacial score (nSPS) is 19.6. The highest BCUT2D eigenvalue weighted by atomic mass is 32.1. The number of carbonyl (C=O) groups is 2. The van der Waals surface area contributed by atoms with E-state index in [1.165, 1.54) is 0 Å². The lowest BCUT2D eigenvalue weighted by Crippen LogP contribution is -2.59. The van der Waals surface area contributed by atoms with Crippen LogP contribution in [0.3, 0.4) is 0 Å². The number of ether oxygens (including phenoxy) is 1. The van der Waals surface area contributed by atoms with Crippen molar-refractivity contribution in [3.8, 4) is 0 Å². The highest BCUT2D eigenvalue weighted by Gasteiger charge is 2.49. The fraction of sp³-hybridized carbons (Fsp3) is 0.394. The van der Waals surface area contributed by atoms with Crippen molar-refractivity contribution < 1.29 is 14.3 Å². The van der Waals surface area contributed by atoms with E-state index in [-0.39, 0.29) is 24.4 Å². The molecule has 1 atom stereocenters. The minimum Gasteiger partial charge on any atom is -0.378 e. The van der Waals surface area contributed by atoms with Crippen molar-refractivity contribution in [2.75, 3.05) is 49.6 Å². The predicted molar refractivity (Wildman–Crippen MR) is 171 cm³/mol. The Morgan fingerprint density at radius 1 is 1.02 bits per heavy atom. The average molecular weight is 599 g/mol. The number of nitrogens with zero attached hydrogens (tertiary/aromatic N) is 4. The number of morpholine rings is 1. The second-order valence-electron chi connectivity index (χ2n) is 11.5. The quantitative estimate of drug-likeness (QED) is 0.356. The summed E-state index contributed by atoms with van der Waals surface area (Å²) in [5.41, 5.74) is 2.86. The molecule has 224 valence electrons. The van der Waals surface area contributed by atoms with Crippen LogP contribution in [0.1, 0.15) is 42.9 Å². The molecule has 1 unspecified atom stereocenters. The Labute approximate surface area is 258 Å². The van der Waals surface area contributed by atoms with Crippen molar-refractivity contribution in [1.82, 2.24) is 20.1 Å². The van der Waals surface area contributed by atoms with Crippen LogP contribution >= 0.6 is 12.2 Å². The van der Waals surface area contributed by atoms with Crippen LogP contribution in [0.25, 0.3) is 0 Å². The number of carbonyl (C=O) groups excluding carboxylic acids is 2. The van der Waals surface area contributed by atoms with Gasteiger partial charge in [-0.25, -0.2) is 0 Å². The van der Waals surface area contributed by atoms with Crippen molar-refractivity contribution in [3.05, 3.63) is 90.3 Å². The van der Waals surface area contributed by atoms with E-state index in [0.717, 1.165) is 48.4 Å². The number of hydrogen-bond acceptors (Lipinski definition) is 6. The summed E-state index contributed by atoms with van der Waals surface area (Å²) in [6.07, 6.45) is 6.43. The molecule has 2 aromatic carbocycles. The number of nitrogens with one attached hydrogen (secondary N) is 2. The molecule has 2 saturated heterocycles. The van der Waals surface area contributed by atoms with Crippen LogP contribution in [-0.4, -0.2) is 76.6 Å². The minimum absolute atomic E-state index is 0.0115. The molecule has 9 nitrogen and oxygen atoms in total. The highest BCUT2D eigenvalue weighted by molar-refractivity contribution is 7.80. The summed E-state index contributed by atoms with van der Waals surface area (Å²) in [5.74, 6) is -0.271. The molecule has 10 heteroatoms. The van der Waals surface area contributed by atoms with Crippen molar-refractivity contribution in [2.24, 2.45) is 0 Å². The third kappa shape index (κ3) is 6.50. The Kier molecular flexibility index (Phi) is 8.85. The van der Waals surface area contributed by atoms with Crippen LogP contribution in [0.5, 0.6) is 0 Å². The summed E-state index contributed by atoms with van der Waals surface area (Å²) in [6.45, 7) is 4.11. The average Bonchev–Trinajstić information content (AvgIpc) is 3.69. The van der Waals surface area contributed by atoms with Gasteiger partial charge in [0.05, 0.1) is 25.8 Å². The van der Waals surface area contributed by atoms with E-state index < -0.39 is 5.54 Å². The number of hydrogen-bond donors (Lipinski definition) is 2. The molecular weight excluding hydrogens is 560 g/mol. The number of aromatic nitrogens is 1. The monoisotopic (exact) mass is 598 g/mol. The number of anilines is 2. The van der Waals surface area contributed by atoms with Gasteiger partial charge in [-0.15, -0.1) is 0 Å². The van der Waals surface area contributed by atoms with Gasteiger partial charge in [0.2, 0.25) is 11.8 Å². The lowest BCUT2D eigenvalue weighted by molar-refractivity contribution is -0.146. The maximum atomic E-state index is 14.2. The topological polar surface area (TPSA) is 90.0 Å². The fourth-order valence-corrected chi connectivity index (χ4v) is 6.69. The lowest BCUT2D eigenvalue weighted by atomic mass is 9.92. The largest absolute Gasteiger partial charge is 0.378 e. The molecule has 6 rings (SSSR count). The van der Waals surface area contributed by atoms with Crippen LogP contribution in [0.15, 0.2) is 79.1 Å². The first-order chi connectivity index (χ1) is 21.0. The fourth-order valence-electron chi connectivity index (χ4n) is 6.40. The van der Waals surface area contributed by atoms with E-state index in [4.69, 9.17) is 17.0 Å². The molecule has 3 aliphatic rings. The summed E-state index contributed by atoms with van der Waals surface area (Å²) < 4.78 is 5.47. The third-order valence-corrected chi connectivity index (χ3v) is 9.13. The molecule has 2 amide bonds. The maximum Gasteiger partial charge on any atom is 0.250 e. The molecule has 2 aliphatic heterocycles. The van der Waals surface area contributed by atoms with Crippen molar-refractivity contribution in [1.29, 1.82) is 0 Å². The van der Waals surface area contributed by atoms with Gasteiger partial charge < -0.3 is 30.1 Å². The van der Waals surface area contributed by atoms with E-state index in [0.29, 0.717) is 44.3 Å². The Morgan fingerprint density at radius 2 is 1.77 bits per heavy atom. The molecule has 1 aromatic heterocycles. The van der Waals surface area contributed by atoms with Crippen molar-refractivity contribution >= 4 is 40.5 Å². The van der Waals surface area contributed by atoms with Gasteiger partial charge in [0.15, 0.2) is 5.11 Å². The standard InChI is InChI=1S/C33H38N6O3S/c40-30(24-38-23-29(36-32(38)43)26-8-2-1-3-9-26)39(22-25-7-6-16-34-21-25)33(14-4-5-15-33)31(41)35-27-10-12-28(13-11-27)37-17-19-42-20-18-37/h1-3,6-13,16,21,29H,4-5,14-15,17-20,22-24H2,(H,35,41)(H,36,43). The Balaban J connectivity index is 1.22. The first-order valence-corrected chi connectivity index (χ1v) is 15.5. The highest BCUT2D eigenvalue weighted by Crippen LogP contribution is 2.38. The molecule has 3 fully saturated rings. The van der Waals surface area contributed by atoms with Crippen molar-refractivity contribution in [3.63, 3.8) is 0 Å². The van der Waals surface area contributed by atoms with E-state index in [2.05, 4.69) is 32.7 Å². The number of thiocarbonyl (C=S) groups is 1. The summed E-state index contributed by atoms with van der Waals surface area (Å²) in [5, 5.41) is 7.08. The summed E-state index contributed by atoms with van der Waals surface area (Å²) >= 11 is 5.66. The first kappa shape index (κ1) is 29.1. The van der Waals surface area contributed by atoms with E-state index in [9.17, 15) is 9.59 Å². The van der Waals surface area contributed by atoms with Gasteiger partial charge in [0.1, 0.15) is 5.54 Å². The van der Waals surface area contributed by atoms with Gasteiger partial charge in [0, 0.05) is 49.9 Å². The van der Waals surface area contributed by atoms with Gasteiger partial charge in [0.25, 0.3) is 0 Å². The van der Waals surface area contributed by atoms with Gasteiger partial charge in [-0.1, -0.05) is 49.2 Å². The zero-order valence-corrected chi connectivity index (χ0v) is 25.1. The number of rotatable bonds is 9. The van der Waals surface area contributed by atoms with E-state index in [1.54, 1.807) is 17.3 Å². The Hall–Kier alpha value is -4.02. The number of amides is 2. The molecule has 0 bridgehead atoms. The van der Waals surface area contributed by atoms with Crippen LogP contribution < -0.4 is 15.5 Å². The molecule has 0 radical (unpaired) electrons. The lowest BCUT2D eigenvalue weighted by Gasteiger charge is -2.41. The van der Waals surface area contributed by atoms with Gasteiger partial charge in [-0.3, -0.25) is 14.6 Å². The molecule has 1 saturated carbocycles. The third-order valence-electron chi connectivity index (χ3n) is 8.75. The Bertz CT molecular complexity index is 1410. The first-order valence-electron chi connectivity index (χ1n) is 15.1. The summed E-state index contributed by atoms with van der Waals surface area (Å²) in [4.78, 5) is 38.7. The van der Waals surface area contributed by atoms with Crippen LogP contribution in [-0.2, 0) is 20.9 Å². The number of benzene rings is 2. The van der Waals surface area contributed by atoms with E-state index in [1.807, 2.05) is 59.5 Å². The van der Waals surface area contributed by atoms with Gasteiger partial charge in [-0.2, -0.15) is 0 Å². The molecule has 3 heterocycles. The van der Waals surface area contributed by atoms with Gasteiger partial charge >= 0.3 is 0 Å². The van der Waals surface area contributed by atoms with E-state index >= 15 is 0 Å². The van der Waals surface area contributed by atoms with Crippen LogP contribution in [0.4, 0.5) is 11.4 Å². The molecular formula is C33H38N6O3S. The second kappa shape index (κ2) is 13.1. The Morgan fingerprint density at radius 3 is 2.47 bits per heavy atom. The molecule has 1 aliphatic carbocycles. The summed E-state index contributed by atoms with van der Waals surface area (Å²) in [7, 11) is 0. The van der Waals surface area contributed by atoms with Crippen LogP contribution in [0, 0.1) is 0 Å². The molecule has 3 aromatic rings. The summed E-state index contributed by atoms with van der Waals surface area (Å²) in [6, 6.07) is 21.9. The van der Waals surface area contributed by atoms with Crippen molar-refractivity contribution in [2.45, 2.75) is 43.8 Å². The SMILES string of the molecule is O=C(CN1CC(c2ccccc2)NC1=S)N(Cc1cccnc1)C1(C(=O)Nc2ccc(N3CCOCC3)cc2)CCCC1. The minimum atomic E-state index is -0.969. The second-order valence-corrected chi connectivity index (χ2v) is 11.9. The maximum absolute atomic E-state index is 14.2. The smallest absolute Gasteiger partial charge is 0.250 e. The predicted octanol–water partition coefficient (Wildman–Crippen LogP) is 4.13. The van der Waals surface area contributed by atoms with Crippen LogP contribution in [0.2, 0.25) is 0 Å². The number of pyridine rings is 1. The van der Waals surface area contributed by atoms with Gasteiger partial charge in [-0.05, 0) is 66.5 Å². The molecule has 0 spiro atoms. The molecule has 43 heavy (non-hydrogen) atoms. The zero-order valence-electron chi connectivity index (χ0n) is 24.3. The zero-order chi connectivity index (χ0) is 29.6. The molecule has 2 N–H and O–H groups in total.